The van der Waals surface area contributed by atoms with E-state index in [1.807, 2.05) is 0 Å². The molecule has 0 radical (unpaired) electrons. The molecule has 0 aliphatic heterocycles. The van der Waals surface area contributed by atoms with Crippen molar-refractivity contribution in [1.82, 2.24) is 15.2 Å². The average Bonchev–Trinajstić information content (AvgIpc) is 2.78. The predicted molar refractivity (Wildman–Crippen MR) is 58.9 cm³/mol. The number of aromatic nitrogens is 3. The first-order chi connectivity index (χ1) is 8.24. The Hall–Kier alpha value is -2.15. The van der Waals surface area contributed by atoms with Gasteiger partial charge < -0.3 is 10.2 Å². The molecule has 0 saturated carbocycles. The molecule has 0 amide bonds. The minimum Gasteiger partial charge on any atom is -0.390 e. The van der Waals surface area contributed by atoms with Crippen LogP contribution in [0.25, 0.3) is 21.5 Å². The monoisotopic (exact) mass is 234 g/mol. The molecule has 0 bridgehead atoms. The number of hydrogen-bond acceptors (Lipinski definition) is 5. The van der Waals surface area contributed by atoms with Crippen LogP contribution in [0.1, 0.15) is 11.8 Å². The highest BCUT2D eigenvalue weighted by Gasteiger charge is 2.22. The molecule has 8 heteroatoms. The van der Waals surface area contributed by atoms with Crippen molar-refractivity contribution >= 4 is 11.0 Å². The highest BCUT2D eigenvalue weighted by Crippen LogP contribution is 2.22. The standard InChI is InChI=1S/C9H10N6O2/c10-15-12-4-6(16)8(17)7-5-2-1-3-11-9(5)14-13-7/h1-3,6,8,16-17H,4H2,(H,11,13,14). The lowest BCUT2D eigenvalue weighted by Gasteiger charge is -2.14. The second kappa shape index (κ2) is 4.79. The molecular formula is C9H10N6O2. The van der Waals surface area contributed by atoms with Crippen molar-refractivity contribution in [2.45, 2.75) is 12.2 Å². The Balaban J connectivity index is 2.29. The van der Waals surface area contributed by atoms with Gasteiger partial charge in [-0.25, -0.2) is 4.98 Å². The van der Waals surface area contributed by atoms with Crippen molar-refractivity contribution in [2.24, 2.45) is 5.11 Å². The summed E-state index contributed by atoms with van der Waals surface area (Å²) in [6, 6.07) is 3.43. The first-order valence-electron chi connectivity index (χ1n) is 4.90. The number of rotatable bonds is 4. The van der Waals surface area contributed by atoms with Gasteiger partial charge in [-0.15, -0.1) is 0 Å². The molecule has 2 aromatic rings. The van der Waals surface area contributed by atoms with Gasteiger partial charge in [0, 0.05) is 16.5 Å². The Morgan fingerprint density at radius 1 is 1.53 bits per heavy atom. The first-order valence-corrected chi connectivity index (χ1v) is 4.90. The fraction of sp³-hybridized carbons (Fsp3) is 0.333. The maximum absolute atomic E-state index is 9.87. The van der Waals surface area contributed by atoms with Crippen LogP contribution in [0.5, 0.6) is 0 Å². The van der Waals surface area contributed by atoms with Crippen LogP contribution in [0.4, 0.5) is 0 Å². The van der Waals surface area contributed by atoms with E-state index in [-0.39, 0.29) is 6.54 Å². The minimum absolute atomic E-state index is 0.210. The summed E-state index contributed by atoms with van der Waals surface area (Å²) in [5.74, 6) is 0. The summed E-state index contributed by atoms with van der Waals surface area (Å²) in [5, 5.41) is 29.8. The van der Waals surface area contributed by atoms with Crippen LogP contribution in [0.15, 0.2) is 23.4 Å². The van der Waals surface area contributed by atoms with Crippen molar-refractivity contribution in [3.05, 3.63) is 34.5 Å². The number of hydrogen-bond donors (Lipinski definition) is 3. The highest BCUT2D eigenvalue weighted by atomic mass is 16.3. The van der Waals surface area contributed by atoms with Crippen LogP contribution in [-0.2, 0) is 0 Å². The van der Waals surface area contributed by atoms with Gasteiger partial charge in [0.2, 0.25) is 0 Å². The molecule has 0 spiro atoms. The van der Waals surface area contributed by atoms with Gasteiger partial charge in [0.1, 0.15) is 6.10 Å². The predicted octanol–water partition coefficient (Wildman–Crippen LogP) is 0.663. The average molecular weight is 234 g/mol. The van der Waals surface area contributed by atoms with E-state index < -0.39 is 12.2 Å². The molecule has 2 rings (SSSR count). The molecule has 2 atom stereocenters. The number of aliphatic hydroxyl groups is 2. The van der Waals surface area contributed by atoms with E-state index >= 15 is 0 Å². The normalized spacial score (nSPS) is 14.2. The number of nitrogens with zero attached hydrogens (tertiary/aromatic N) is 5. The van der Waals surface area contributed by atoms with Crippen molar-refractivity contribution in [3.8, 4) is 0 Å². The molecule has 0 saturated heterocycles. The second-order valence-electron chi connectivity index (χ2n) is 3.44. The highest BCUT2D eigenvalue weighted by molar-refractivity contribution is 5.77. The van der Waals surface area contributed by atoms with E-state index in [2.05, 4.69) is 25.2 Å². The number of pyridine rings is 1. The molecule has 8 nitrogen and oxygen atoms in total. The Kier molecular flexibility index (Phi) is 3.20. The van der Waals surface area contributed by atoms with Crippen LogP contribution in [0.3, 0.4) is 0 Å². The van der Waals surface area contributed by atoms with E-state index in [4.69, 9.17) is 5.53 Å². The largest absolute Gasteiger partial charge is 0.390 e. The summed E-state index contributed by atoms with van der Waals surface area (Å²) in [6.45, 7) is -0.210. The number of aromatic amines is 1. The third kappa shape index (κ3) is 2.18. The number of aliphatic hydroxyl groups excluding tert-OH is 2. The molecular weight excluding hydrogens is 224 g/mol. The van der Waals surface area contributed by atoms with Crippen molar-refractivity contribution in [3.63, 3.8) is 0 Å². The molecule has 88 valence electrons. The lowest BCUT2D eigenvalue weighted by Crippen LogP contribution is -2.21. The molecule has 0 aliphatic rings. The number of fused-ring (bicyclic) bond motifs is 1. The first kappa shape index (κ1) is 11.3. The smallest absolute Gasteiger partial charge is 0.181 e. The summed E-state index contributed by atoms with van der Waals surface area (Å²) in [5.41, 5.74) is 8.95. The van der Waals surface area contributed by atoms with Gasteiger partial charge in [0.25, 0.3) is 0 Å². The van der Waals surface area contributed by atoms with Crippen LogP contribution >= 0.6 is 0 Å². The zero-order valence-corrected chi connectivity index (χ0v) is 8.72. The third-order valence-electron chi connectivity index (χ3n) is 2.35. The Morgan fingerprint density at radius 2 is 2.35 bits per heavy atom. The van der Waals surface area contributed by atoms with E-state index in [1.165, 1.54) is 0 Å². The maximum atomic E-state index is 9.87. The lowest BCUT2D eigenvalue weighted by molar-refractivity contribution is 0.0226. The topological polar surface area (TPSA) is 131 Å². The van der Waals surface area contributed by atoms with Gasteiger partial charge in [0.15, 0.2) is 5.65 Å². The molecule has 2 heterocycles. The van der Waals surface area contributed by atoms with Crippen LogP contribution < -0.4 is 0 Å². The minimum atomic E-state index is -1.20. The summed E-state index contributed by atoms with van der Waals surface area (Å²) in [4.78, 5) is 6.51. The Morgan fingerprint density at radius 3 is 3.12 bits per heavy atom. The summed E-state index contributed by atoms with van der Waals surface area (Å²) < 4.78 is 0. The van der Waals surface area contributed by atoms with Crippen LogP contribution in [-0.4, -0.2) is 38.0 Å². The lowest BCUT2D eigenvalue weighted by atomic mass is 10.1. The van der Waals surface area contributed by atoms with E-state index in [1.54, 1.807) is 18.3 Å². The molecule has 0 aliphatic carbocycles. The molecule has 17 heavy (non-hydrogen) atoms. The van der Waals surface area contributed by atoms with E-state index in [9.17, 15) is 10.2 Å². The van der Waals surface area contributed by atoms with Gasteiger partial charge in [-0.2, -0.15) is 5.10 Å². The summed E-state index contributed by atoms with van der Waals surface area (Å²) >= 11 is 0. The van der Waals surface area contributed by atoms with Gasteiger partial charge >= 0.3 is 0 Å². The van der Waals surface area contributed by atoms with Crippen molar-refractivity contribution in [1.29, 1.82) is 0 Å². The molecule has 0 aromatic carbocycles. The number of H-pyrrole nitrogens is 1. The zero-order chi connectivity index (χ0) is 12.3. The van der Waals surface area contributed by atoms with Gasteiger partial charge in [-0.05, 0) is 17.7 Å². The molecule has 0 fully saturated rings. The summed E-state index contributed by atoms with van der Waals surface area (Å²) in [6.07, 6.45) is -0.806. The SMILES string of the molecule is [N-]=[N+]=NCC(O)C(O)c1[nH]nc2ncccc12. The maximum Gasteiger partial charge on any atom is 0.181 e. The van der Waals surface area contributed by atoms with Crippen LogP contribution in [0, 0.1) is 0 Å². The van der Waals surface area contributed by atoms with E-state index in [0.29, 0.717) is 16.7 Å². The van der Waals surface area contributed by atoms with Gasteiger partial charge in [-0.3, -0.25) is 5.10 Å². The third-order valence-corrected chi connectivity index (χ3v) is 2.35. The van der Waals surface area contributed by atoms with Gasteiger partial charge in [-0.1, -0.05) is 5.11 Å². The molecule has 2 unspecified atom stereocenters. The molecule has 2 aromatic heterocycles. The van der Waals surface area contributed by atoms with Crippen molar-refractivity contribution < 1.29 is 10.2 Å². The number of nitrogens with one attached hydrogen (secondary N) is 1. The summed E-state index contributed by atoms with van der Waals surface area (Å²) in [7, 11) is 0. The second-order valence-corrected chi connectivity index (χ2v) is 3.44. The zero-order valence-electron chi connectivity index (χ0n) is 8.72. The number of azide groups is 1. The van der Waals surface area contributed by atoms with Crippen LogP contribution in [0.2, 0.25) is 0 Å². The van der Waals surface area contributed by atoms with E-state index in [0.717, 1.165) is 0 Å². The quantitative estimate of drug-likeness (QED) is 0.407. The Labute approximate surface area is 95.5 Å². The fourth-order valence-electron chi connectivity index (χ4n) is 1.51. The Bertz CT molecular complexity index is 561. The molecule has 3 N–H and O–H groups in total. The fourth-order valence-corrected chi connectivity index (χ4v) is 1.51. The van der Waals surface area contributed by atoms with Gasteiger partial charge in [0.05, 0.1) is 18.3 Å². The van der Waals surface area contributed by atoms with Crippen molar-refractivity contribution in [2.75, 3.05) is 6.54 Å².